The highest BCUT2D eigenvalue weighted by Gasteiger charge is 2.59. The molecule has 2 unspecified atom stereocenters. The standard InChI is InChI=1S/C30H30Cl2FN3O5S/c1-17-5-8-20(33)15-21(17)27-30(22-9-6-18(31)13-23(22)34-28(30)38)12-11-26(37)36(27)24-14-19(32)7-10-25(24)41-16-42(39,40)35-29(2,3)4/h5-10,13-15,27,35H,11-12,16H2,1-4H3,(H,34,38). The Labute approximate surface area is 254 Å². The van der Waals surface area contributed by atoms with Gasteiger partial charge in [0.05, 0.1) is 11.7 Å². The average molecular weight is 635 g/mol. The van der Waals surface area contributed by atoms with E-state index < -0.39 is 38.8 Å². The third-order valence-corrected chi connectivity index (χ3v) is 9.21. The van der Waals surface area contributed by atoms with Gasteiger partial charge >= 0.3 is 0 Å². The molecule has 222 valence electrons. The van der Waals surface area contributed by atoms with Gasteiger partial charge in [-0.3, -0.25) is 14.5 Å². The van der Waals surface area contributed by atoms with Gasteiger partial charge in [-0.15, -0.1) is 0 Å². The van der Waals surface area contributed by atoms with Gasteiger partial charge in [-0.1, -0.05) is 35.3 Å². The van der Waals surface area contributed by atoms with Crippen molar-refractivity contribution >= 4 is 56.4 Å². The number of nitrogens with zero attached hydrogens (tertiary/aromatic N) is 1. The monoisotopic (exact) mass is 633 g/mol. The molecular weight excluding hydrogens is 604 g/mol. The number of nitrogens with one attached hydrogen (secondary N) is 2. The molecule has 0 saturated carbocycles. The molecule has 0 aliphatic carbocycles. The third-order valence-electron chi connectivity index (χ3n) is 7.39. The lowest BCUT2D eigenvalue weighted by molar-refractivity contribution is -0.127. The zero-order valence-electron chi connectivity index (χ0n) is 23.4. The highest BCUT2D eigenvalue weighted by atomic mass is 35.5. The Balaban J connectivity index is 1.71. The van der Waals surface area contributed by atoms with E-state index in [0.717, 1.165) is 0 Å². The van der Waals surface area contributed by atoms with Gasteiger partial charge in [0.1, 0.15) is 17.0 Å². The highest BCUT2D eigenvalue weighted by Crippen LogP contribution is 2.56. The van der Waals surface area contributed by atoms with Crippen LogP contribution in [0.25, 0.3) is 0 Å². The van der Waals surface area contributed by atoms with E-state index in [4.69, 9.17) is 27.9 Å². The summed E-state index contributed by atoms with van der Waals surface area (Å²) in [5.74, 6) is -1.96. The number of hydrogen-bond acceptors (Lipinski definition) is 5. The molecule has 2 atom stereocenters. The fourth-order valence-electron chi connectivity index (χ4n) is 5.83. The van der Waals surface area contributed by atoms with E-state index in [2.05, 4.69) is 10.0 Å². The number of halogens is 3. The van der Waals surface area contributed by atoms with Crippen LogP contribution in [0.5, 0.6) is 5.75 Å². The van der Waals surface area contributed by atoms with Gasteiger partial charge in [-0.05, 0) is 93.3 Å². The van der Waals surface area contributed by atoms with E-state index in [1.165, 1.54) is 35.2 Å². The van der Waals surface area contributed by atoms with Crippen molar-refractivity contribution < 1.29 is 27.1 Å². The summed E-state index contributed by atoms with van der Waals surface area (Å²) in [7, 11) is -3.90. The van der Waals surface area contributed by atoms with E-state index in [0.29, 0.717) is 27.4 Å². The van der Waals surface area contributed by atoms with E-state index in [1.807, 2.05) is 0 Å². The summed E-state index contributed by atoms with van der Waals surface area (Å²) in [6.07, 6.45) is 0.111. The first-order valence-corrected chi connectivity index (χ1v) is 15.7. The van der Waals surface area contributed by atoms with E-state index in [9.17, 15) is 22.4 Å². The minimum atomic E-state index is -3.90. The van der Waals surface area contributed by atoms with Crippen molar-refractivity contribution in [3.63, 3.8) is 0 Å². The minimum absolute atomic E-state index is 0.0316. The Hall–Kier alpha value is -3.18. The zero-order valence-corrected chi connectivity index (χ0v) is 25.8. The van der Waals surface area contributed by atoms with Gasteiger partial charge in [0.2, 0.25) is 27.8 Å². The molecule has 8 nitrogen and oxygen atoms in total. The number of benzene rings is 3. The van der Waals surface area contributed by atoms with Gasteiger partial charge in [-0.2, -0.15) is 0 Å². The molecule has 0 radical (unpaired) electrons. The summed E-state index contributed by atoms with van der Waals surface area (Å²) in [6, 6.07) is 12.7. The Morgan fingerprint density at radius 2 is 1.76 bits per heavy atom. The van der Waals surface area contributed by atoms with E-state index >= 15 is 0 Å². The molecule has 2 heterocycles. The summed E-state index contributed by atoms with van der Waals surface area (Å²) in [5, 5.41) is 3.58. The van der Waals surface area contributed by atoms with E-state index in [1.54, 1.807) is 52.0 Å². The van der Waals surface area contributed by atoms with Gasteiger partial charge in [0, 0.05) is 27.7 Å². The van der Waals surface area contributed by atoms with Crippen LogP contribution >= 0.6 is 23.2 Å². The van der Waals surface area contributed by atoms with Crippen LogP contribution in [-0.2, 0) is 25.0 Å². The second-order valence-electron chi connectivity index (χ2n) is 11.6. The molecule has 5 rings (SSSR count). The molecular formula is C30H30Cl2FN3O5S. The van der Waals surface area contributed by atoms with Crippen LogP contribution in [-0.4, -0.2) is 31.7 Å². The van der Waals surface area contributed by atoms with Crippen molar-refractivity contribution in [2.24, 2.45) is 0 Å². The van der Waals surface area contributed by atoms with Crippen LogP contribution in [0.1, 0.15) is 56.3 Å². The maximum absolute atomic E-state index is 14.8. The molecule has 0 aromatic heterocycles. The topological polar surface area (TPSA) is 105 Å². The first-order chi connectivity index (χ1) is 19.6. The number of hydrogen-bond donors (Lipinski definition) is 2. The number of carbonyl (C=O) groups excluding carboxylic acids is 2. The maximum atomic E-state index is 14.8. The SMILES string of the molecule is Cc1ccc(F)cc1C1N(c2cc(Cl)ccc2OCS(=O)(=O)NC(C)(C)C)C(=O)CCC12C(=O)Nc1cc(Cl)ccc12. The van der Waals surface area contributed by atoms with Crippen LogP contribution in [0.15, 0.2) is 54.6 Å². The molecule has 1 saturated heterocycles. The van der Waals surface area contributed by atoms with Crippen molar-refractivity contribution in [3.05, 3.63) is 87.2 Å². The number of aryl methyl sites for hydroxylation is 1. The quantitative estimate of drug-likeness (QED) is 0.334. The predicted octanol–water partition coefficient (Wildman–Crippen LogP) is 6.25. The molecule has 2 amide bonds. The summed E-state index contributed by atoms with van der Waals surface area (Å²) in [4.78, 5) is 29.3. The van der Waals surface area contributed by atoms with Crippen molar-refractivity contribution in [1.82, 2.24) is 4.72 Å². The van der Waals surface area contributed by atoms with Gasteiger partial charge in [0.15, 0.2) is 0 Å². The summed E-state index contributed by atoms with van der Waals surface area (Å²) >= 11 is 12.7. The number of sulfonamides is 1. The van der Waals surface area contributed by atoms with Crippen molar-refractivity contribution in [2.45, 2.75) is 57.5 Å². The second kappa shape index (κ2) is 10.8. The lowest BCUT2D eigenvalue weighted by atomic mass is 9.66. The first kappa shape index (κ1) is 30.3. The summed E-state index contributed by atoms with van der Waals surface area (Å²) in [5.41, 5.74) is 0.262. The predicted molar refractivity (Wildman–Crippen MR) is 161 cm³/mol. The van der Waals surface area contributed by atoms with Gasteiger partial charge in [0.25, 0.3) is 0 Å². The molecule has 2 aliphatic heterocycles. The fourth-order valence-corrected chi connectivity index (χ4v) is 7.44. The van der Waals surface area contributed by atoms with Crippen molar-refractivity contribution in [2.75, 3.05) is 16.2 Å². The third kappa shape index (κ3) is 5.60. The lowest BCUT2D eigenvalue weighted by Gasteiger charge is -2.47. The molecule has 12 heteroatoms. The number of ether oxygens (including phenoxy) is 1. The Bertz CT molecular complexity index is 1710. The molecule has 3 aromatic carbocycles. The zero-order chi connectivity index (χ0) is 30.6. The van der Waals surface area contributed by atoms with Crippen molar-refractivity contribution in [1.29, 1.82) is 0 Å². The van der Waals surface area contributed by atoms with Crippen LogP contribution < -0.4 is 19.7 Å². The largest absolute Gasteiger partial charge is 0.474 e. The van der Waals surface area contributed by atoms with Gasteiger partial charge in [-0.25, -0.2) is 17.5 Å². The number of amides is 2. The molecule has 42 heavy (non-hydrogen) atoms. The Morgan fingerprint density at radius 1 is 1.07 bits per heavy atom. The summed E-state index contributed by atoms with van der Waals surface area (Å²) in [6.45, 7) is 6.88. The van der Waals surface area contributed by atoms with Gasteiger partial charge < -0.3 is 10.1 Å². The van der Waals surface area contributed by atoms with Crippen LogP contribution in [0.2, 0.25) is 10.0 Å². The first-order valence-electron chi connectivity index (χ1n) is 13.2. The molecule has 3 aromatic rings. The number of anilines is 2. The number of carbonyl (C=O) groups is 2. The molecule has 1 fully saturated rings. The lowest BCUT2D eigenvalue weighted by Crippen LogP contribution is -2.55. The van der Waals surface area contributed by atoms with Crippen molar-refractivity contribution in [3.8, 4) is 5.75 Å². The van der Waals surface area contributed by atoms with Crippen LogP contribution in [0, 0.1) is 12.7 Å². The Morgan fingerprint density at radius 3 is 2.48 bits per heavy atom. The summed E-state index contributed by atoms with van der Waals surface area (Å²) < 4.78 is 48.7. The van der Waals surface area contributed by atoms with Crippen LogP contribution in [0.3, 0.4) is 0 Å². The molecule has 1 spiro atoms. The highest BCUT2D eigenvalue weighted by molar-refractivity contribution is 7.89. The van der Waals surface area contributed by atoms with Crippen LogP contribution in [0.4, 0.5) is 15.8 Å². The minimum Gasteiger partial charge on any atom is -0.474 e. The second-order valence-corrected chi connectivity index (χ2v) is 14.2. The fraction of sp³-hybridized carbons (Fsp3) is 0.333. The number of rotatable bonds is 6. The number of piperidine rings is 1. The maximum Gasteiger partial charge on any atom is 0.247 e. The normalized spacial score (nSPS) is 20.5. The molecule has 0 bridgehead atoms. The molecule has 2 aliphatic rings. The average Bonchev–Trinajstić information content (AvgIpc) is 3.15. The number of fused-ring (bicyclic) bond motifs is 2. The Kier molecular flexibility index (Phi) is 7.81. The molecule has 2 N–H and O–H groups in total. The van der Waals surface area contributed by atoms with E-state index in [-0.39, 0.29) is 41.1 Å². The smallest absolute Gasteiger partial charge is 0.247 e.